The quantitative estimate of drug-likeness (QED) is 0.544. The van der Waals surface area contributed by atoms with Gasteiger partial charge >= 0.3 is 0 Å². The van der Waals surface area contributed by atoms with Gasteiger partial charge in [-0.25, -0.2) is 0 Å². The van der Waals surface area contributed by atoms with Gasteiger partial charge in [0.1, 0.15) is 25.4 Å². The van der Waals surface area contributed by atoms with Crippen LogP contribution in [0.2, 0.25) is 0 Å². The standard InChI is InChI=1S/C24H20O3/c1-3-7-17(8-4-1)15-25-23-13-19-20(22-12-11-21(19)27-22)14-24(23)26-16-18-9-5-2-6-10-18/h1-14,21-22H,15-16H2. The summed E-state index contributed by atoms with van der Waals surface area (Å²) in [5.74, 6) is 1.52. The molecule has 0 saturated carbocycles. The maximum absolute atomic E-state index is 6.14. The summed E-state index contributed by atoms with van der Waals surface area (Å²) in [6.45, 7) is 1.01. The second-order valence-electron chi connectivity index (χ2n) is 6.84. The lowest BCUT2D eigenvalue weighted by atomic mass is 9.96. The summed E-state index contributed by atoms with van der Waals surface area (Å²) in [5.41, 5.74) is 4.62. The lowest BCUT2D eigenvalue weighted by Gasteiger charge is -2.17. The highest BCUT2D eigenvalue weighted by Crippen LogP contribution is 2.49. The van der Waals surface area contributed by atoms with Gasteiger partial charge in [0, 0.05) is 0 Å². The molecule has 3 heteroatoms. The summed E-state index contributed by atoms with van der Waals surface area (Å²) in [4.78, 5) is 0. The summed E-state index contributed by atoms with van der Waals surface area (Å²) >= 11 is 0. The van der Waals surface area contributed by atoms with Crippen LogP contribution in [0.5, 0.6) is 11.5 Å². The van der Waals surface area contributed by atoms with Gasteiger partial charge in [0.05, 0.1) is 0 Å². The normalized spacial score (nSPS) is 19.1. The molecule has 0 amide bonds. The Morgan fingerprint density at radius 1 is 0.630 bits per heavy atom. The first-order valence-corrected chi connectivity index (χ1v) is 9.22. The SMILES string of the molecule is C1=CC2OC1c1cc(OCc3ccccc3)c(OCc3ccccc3)cc12. The molecular weight excluding hydrogens is 336 g/mol. The summed E-state index contributed by atoms with van der Waals surface area (Å²) in [6, 6.07) is 24.5. The van der Waals surface area contributed by atoms with Crippen LogP contribution in [0.3, 0.4) is 0 Å². The summed E-state index contributed by atoms with van der Waals surface area (Å²) in [6.07, 6.45) is 4.29. The van der Waals surface area contributed by atoms with E-state index < -0.39 is 0 Å². The zero-order chi connectivity index (χ0) is 18.1. The van der Waals surface area contributed by atoms with Crippen molar-refractivity contribution in [2.75, 3.05) is 0 Å². The molecule has 0 fully saturated rings. The highest BCUT2D eigenvalue weighted by Gasteiger charge is 2.35. The Bertz CT molecular complexity index is 885. The maximum atomic E-state index is 6.14. The van der Waals surface area contributed by atoms with Crippen LogP contribution in [0.4, 0.5) is 0 Å². The molecule has 2 atom stereocenters. The molecule has 0 N–H and O–H groups in total. The van der Waals surface area contributed by atoms with Crippen molar-refractivity contribution in [2.24, 2.45) is 0 Å². The Morgan fingerprint density at radius 2 is 1.07 bits per heavy atom. The minimum Gasteiger partial charge on any atom is -0.485 e. The lowest BCUT2D eigenvalue weighted by molar-refractivity contribution is 0.0878. The molecule has 0 radical (unpaired) electrons. The van der Waals surface area contributed by atoms with Crippen LogP contribution in [-0.2, 0) is 18.0 Å². The van der Waals surface area contributed by atoms with Gasteiger partial charge in [0.25, 0.3) is 0 Å². The number of fused-ring (bicyclic) bond motifs is 5. The van der Waals surface area contributed by atoms with Crippen molar-refractivity contribution in [3.63, 3.8) is 0 Å². The topological polar surface area (TPSA) is 27.7 Å². The largest absolute Gasteiger partial charge is 0.485 e. The van der Waals surface area contributed by atoms with E-state index in [1.54, 1.807) is 0 Å². The third-order valence-corrected chi connectivity index (χ3v) is 4.99. The molecule has 0 aliphatic carbocycles. The third kappa shape index (κ3) is 3.22. The number of ether oxygens (including phenoxy) is 3. The molecule has 0 spiro atoms. The van der Waals surface area contributed by atoms with Crippen LogP contribution in [0.25, 0.3) is 0 Å². The van der Waals surface area contributed by atoms with Crippen LogP contribution in [0.15, 0.2) is 84.9 Å². The van der Waals surface area contributed by atoms with Gasteiger partial charge in [-0.15, -0.1) is 0 Å². The second kappa shape index (κ2) is 6.93. The average molecular weight is 356 g/mol. The van der Waals surface area contributed by atoms with E-state index in [1.165, 1.54) is 11.1 Å². The molecule has 2 bridgehead atoms. The zero-order valence-corrected chi connectivity index (χ0v) is 14.9. The average Bonchev–Trinajstić information content (AvgIpc) is 3.34. The van der Waals surface area contributed by atoms with E-state index in [-0.39, 0.29) is 12.2 Å². The second-order valence-corrected chi connectivity index (χ2v) is 6.84. The molecular formula is C24H20O3. The number of rotatable bonds is 6. The van der Waals surface area contributed by atoms with Gasteiger partial charge in [-0.3, -0.25) is 0 Å². The van der Waals surface area contributed by atoms with E-state index in [4.69, 9.17) is 14.2 Å². The van der Waals surface area contributed by atoms with E-state index in [1.807, 2.05) is 36.4 Å². The van der Waals surface area contributed by atoms with Gasteiger partial charge in [0.2, 0.25) is 0 Å². The van der Waals surface area contributed by atoms with Crippen molar-refractivity contribution in [3.8, 4) is 11.5 Å². The predicted molar refractivity (Wildman–Crippen MR) is 104 cm³/mol. The molecule has 0 aromatic heterocycles. The molecule has 2 aliphatic rings. The monoisotopic (exact) mass is 356 g/mol. The van der Waals surface area contributed by atoms with E-state index in [0.717, 1.165) is 22.6 Å². The van der Waals surface area contributed by atoms with Crippen molar-refractivity contribution < 1.29 is 14.2 Å². The van der Waals surface area contributed by atoms with E-state index in [2.05, 4.69) is 48.6 Å². The molecule has 2 aliphatic heterocycles. The fraction of sp³-hybridized carbons (Fsp3) is 0.167. The van der Waals surface area contributed by atoms with E-state index in [0.29, 0.717) is 13.2 Å². The van der Waals surface area contributed by atoms with Crippen LogP contribution in [0, 0.1) is 0 Å². The molecule has 0 saturated heterocycles. The highest BCUT2D eigenvalue weighted by molar-refractivity contribution is 5.54. The molecule has 2 unspecified atom stereocenters. The van der Waals surface area contributed by atoms with Gasteiger partial charge in [-0.05, 0) is 34.4 Å². The Labute approximate surface area is 158 Å². The lowest BCUT2D eigenvalue weighted by Crippen LogP contribution is -2.03. The van der Waals surface area contributed by atoms with Crippen LogP contribution < -0.4 is 9.47 Å². The van der Waals surface area contributed by atoms with Crippen molar-refractivity contribution in [3.05, 3.63) is 107 Å². The van der Waals surface area contributed by atoms with Crippen LogP contribution in [-0.4, -0.2) is 0 Å². The molecule has 5 rings (SSSR count). The molecule has 2 heterocycles. The predicted octanol–water partition coefficient (Wildman–Crippen LogP) is 5.53. The number of hydrogen-bond acceptors (Lipinski definition) is 3. The van der Waals surface area contributed by atoms with Gasteiger partial charge in [0.15, 0.2) is 11.5 Å². The fourth-order valence-corrected chi connectivity index (χ4v) is 3.58. The summed E-state index contributed by atoms with van der Waals surface area (Å²) in [5, 5.41) is 0. The maximum Gasteiger partial charge on any atom is 0.162 e. The number of benzene rings is 3. The summed E-state index contributed by atoms with van der Waals surface area (Å²) < 4.78 is 18.2. The molecule has 3 aromatic rings. The molecule has 27 heavy (non-hydrogen) atoms. The Hall–Kier alpha value is -3.04. The van der Waals surface area contributed by atoms with Gasteiger partial charge in [-0.2, -0.15) is 0 Å². The van der Waals surface area contributed by atoms with E-state index in [9.17, 15) is 0 Å². The number of hydrogen-bond donors (Lipinski definition) is 0. The molecule has 134 valence electrons. The minimum absolute atomic E-state index is 0.0345. The Balaban J connectivity index is 1.42. The van der Waals surface area contributed by atoms with Crippen molar-refractivity contribution in [1.29, 1.82) is 0 Å². The van der Waals surface area contributed by atoms with Gasteiger partial charge < -0.3 is 14.2 Å². The van der Waals surface area contributed by atoms with Gasteiger partial charge in [-0.1, -0.05) is 72.8 Å². The first-order valence-electron chi connectivity index (χ1n) is 9.22. The minimum atomic E-state index is 0.0345. The Morgan fingerprint density at radius 3 is 1.52 bits per heavy atom. The van der Waals surface area contributed by atoms with Crippen molar-refractivity contribution in [1.82, 2.24) is 0 Å². The zero-order valence-electron chi connectivity index (χ0n) is 14.9. The van der Waals surface area contributed by atoms with Crippen LogP contribution in [0.1, 0.15) is 34.5 Å². The van der Waals surface area contributed by atoms with E-state index >= 15 is 0 Å². The fourth-order valence-electron chi connectivity index (χ4n) is 3.58. The third-order valence-electron chi connectivity index (χ3n) is 4.99. The first kappa shape index (κ1) is 16.2. The first-order chi connectivity index (χ1) is 13.4. The smallest absolute Gasteiger partial charge is 0.162 e. The van der Waals surface area contributed by atoms with Crippen LogP contribution >= 0.6 is 0 Å². The van der Waals surface area contributed by atoms with Crippen molar-refractivity contribution >= 4 is 0 Å². The molecule has 3 aromatic carbocycles. The highest BCUT2D eigenvalue weighted by atomic mass is 16.5. The Kier molecular flexibility index (Phi) is 4.15. The van der Waals surface area contributed by atoms with Crippen molar-refractivity contribution in [2.45, 2.75) is 25.4 Å². The molecule has 3 nitrogen and oxygen atoms in total. The summed E-state index contributed by atoms with van der Waals surface area (Å²) in [7, 11) is 0.